The lowest BCUT2D eigenvalue weighted by molar-refractivity contribution is 0.0949. The zero-order chi connectivity index (χ0) is 11.6. The lowest BCUT2D eigenvalue weighted by Gasteiger charge is -2.22. The first-order chi connectivity index (χ1) is 7.63. The Bertz CT molecular complexity index is 496. The second-order valence-corrected chi connectivity index (χ2v) is 4.44. The van der Waals surface area contributed by atoms with Crippen LogP contribution in [0.15, 0.2) is 30.5 Å². The van der Waals surface area contributed by atoms with Gasteiger partial charge in [-0.2, -0.15) is 0 Å². The quantitative estimate of drug-likeness (QED) is 0.796. The Balaban J connectivity index is 2.46. The molecule has 0 aliphatic heterocycles. The molecule has 4 heteroatoms. The summed E-state index contributed by atoms with van der Waals surface area (Å²) in [6.07, 6.45) is 1.78. The molecule has 16 heavy (non-hydrogen) atoms. The summed E-state index contributed by atoms with van der Waals surface area (Å²) in [5, 5.41) is 0. The molecular weight excluding hydrogens is 202 g/mol. The molecule has 0 aliphatic rings. The van der Waals surface area contributed by atoms with Crippen LogP contribution in [-0.2, 0) is 10.3 Å². The van der Waals surface area contributed by atoms with Gasteiger partial charge in [0, 0.05) is 11.6 Å². The van der Waals surface area contributed by atoms with Crippen molar-refractivity contribution >= 4 is 11.0 Å². The van der Waals surface area contributed by atoms with Crippen LogP contribution in [0.2, 0.25) is 0 Å². The van der Waals surface area contributed by atoms with Crippen molar-refractivity contribution in [2.24, 2.45) is 5.90 Å². The maximum Gasteiger partial charge on any atom is 0.0890 e. The molecule has 0 radical (unpaired) electrons. The number of rotatable bonds is 3. The van der Waals surface area contributed by atoms with E-state index in [2.05, 4.69) is 9.97 Å². The smallest absolute Gasteiger partial charge is 0.0890 e. The number of hydrogen-bond donors (Lipinski definition) is 1. The van der Waals surface area contributed by atoms with E-state index in [1.54, 1.807) is 6.20 Å². The van der Waals surface area contributed by atoms with Crippen molar-refractivity contribution in [3.63, 3.8) is 0 Å². The number of nitrogens with zero attached hydrogens (tertiary/aromatic N) is 2. The molecule has 0 aliphatic carbocycles. The lowest BCUT2D eigenvalue weighted by Crippen LogP contribution is -2.27. The fraction of sp³-hybridized carbons (Fsp3) is 0.333. The minimum Gasteiger partial charge on any atom is -0.304 e. The minimum absolute atomic E-state index is 0.230. The van der Waals surface area contributed by atoms with Gasteiger partial charge >= 0.3 is 0 Å². The molecule has 1 aromatic heterocycles. The molecule has 0 saturated heterocycles. The molecular formula is C12H15N3O. The third kappa shape index (κ3) is 2.03. The zero-order valence-electron chi connectivity index (χ0n) is 9.47. The Morgan fingerprint density at radius 3 is 2.62 bits per heavy atom. The normalized spacial score (nSPS) is 11.9. The number of nitrogens with two attached hydrogens (primary N) is 1. The van der Waals surface area contributed by atoms with E-state index in [-0.39, 0.29) is 5.41 Å². The van der Waals surface area contributed by atoms with Gasteiger partial charge in [0.1, 0.15) is 0 Å². The van der Waals surface area contributed by atoms with Crippen LogP contribution in [0.5, 0.6) is 0 Å². The van der Waals surface area contributed by atoms with Gasteiger partial charge in [-0.05, 0) is 12.1 Å². The highest BCUT2D eigenvalue weighted by Gasteiger charge is 2.23. The molecule has 1 aromatic carbocycles. The average Bonchev–Trinajstić information content (AvgIpc) is 2.28. The third-order valence-corrected chi connectivity index (χ3v) is 2.59. The summed E-state index contributed by atoms with van der Waals surface area (Å²) in [4.78, 5) is 13.6. The monoisotopic (exact) mass is 217 g/mol. The van der Waals surface area contributed by atoms with E-state index in [9.17, 15) is 0 Å². The van der Waals surface area contributed by atoms with Gasteiger partial charge < -0.3 is 4.84 Å². The zero-order valence-corrected chi connectivity index (χ0v) is 9.47. The Labute approximate surface area is 94.4 Å². The largest absolute Gasteiger partial charge is 0.304 e. The molecule has 4 nitrogen and oxygen atoms in total. The van der Waals surface area contributed by atoms with E-state index in [1.165, 1.54) is 0 Å². The van der Waals surface area contributed by atoms with Crippen molar-refractivity contribution in [3.8, 4) is 0 Å². The summed E-state index contributed by atoms with van der Waals surface area (Å²) >= 11 is 0. The van der Waals surface area contributed by atoms with Gasteiger partial charge in [0.15, 0.2) is 0 Å². The van der Waals surface area contributed by atoms with Crippen molar-refractivity contribution in [2.45, 2.75) is 19.3 Å². The molecule has 0 spiro atoms. The van der Waals surface area contributed by atoms with E-state index >= 15 is 0 Å². The Hall–Kier alpha value is -1.52. The molecule has 0 saturated carbocycles. The Kier molecular flexibility index (Phi) is 2.85. The van der Waals surface area contributed by atoms with E-state index in [0.717, 1.165) is 16.7 Å². The van der Waals surface area contributed by atoms with Crippen LogP contribution in [0.4, 0.5) is 0 Å². The highest BCUT2D eigenvalue weighted by Crippen LogP contribution is 2.22. The summed E-state index contributed by atoms with van der Waals surface area (Å²) in [6.45, 7) is 4.47. The van der Waals surface area contributed by atoms with Crippen molar-refractivity contribution in [1.29, 1.82) is 0 Å². The average molecular weight is 217 g/mol. The predicted molar refractivity (Wildman–Crippen MR) is 62.7 cm³/mol. The number of benzene rings is 1. The third-order valence-electron chi connectivity index (χ3n) is 2.59. The molecule has 0 unspecified atom stereocenters. The molecule has 0 fully saturated rings. The van der Waals surface area contributed by atoms with E-state index < -0.39 is 0 Å². The van der Waals surface area contributed by atoms with Crippen molar-refractivity contribution in [3.05, 3.63) is 36.2 Å². The Morgan fingerprint density at radius 1 is 1.25 bits per heavy atom. The number of fused-ring (bicyclic) bond motifs is 1. The van der Waals surface area contributed by atoms with Gasteiger partial charge in [-0.1, -0.05) is 26.0 Å². The summed E-state index contributed by atoms with van der Waals surface area (Å²) in [5.41, 5.74) is 2.45. The molecule has 0 amide bonds. The standard InChI is InChI=1S/C12H15N3O/c1-12(2,8-16-13)11-7-14-9-5-3-4-6-10(9)15-11/h3-7H,8,13H2,1-2H3. The summed E-state index contributed by atoms with van der Waals surface area (Å²) in [5.74, 6) is 5.12. The minimum atomic E-state index is -0.230. The first-order valence-corrected chi connectivity index (χ1v) is 5.17. The van der Waals surface area contributed by atoms with Crippen LogP contribution >= 0.6 is 0 Å². The fourth-order valence-corrected chi connectivity index (χ4v) is 1.57. The van der Waals surface area contributed by atoms with Gasteiger partial charge in [0.25, 0.3) is 0 Å². The summed E-state index contributed by atoms with van der Waals surface area (Å²) in [7, 11) is 0. The maximum atomic E-state index is 5.12. The Morgan fingerprint density at radius 2 is 1.94 bits per heavy atom. The first-order valence-electron chi connectivity index (χ1n) is 5.17. The molecule has 2 rings (SSSR count). The SMILES string of the molecule is CC(C)(CON)c1cnc2ccccc2n1. The molecule has 2 N–H and O–H groups in total. The second-order valence-electron chi connectivity index (χ2n) is 4.44. The van der Waals surface area contributed by atoms with Gasteiger partial charge in [-0.3, -0.25) is 4.98 Å². The number of para-hydroxylation sites is 2. The lowest BCUT2D eigenvalue weighted by atomic mass is 9.91. The van der Waals surface area contributed by atoms with Gasteiger partial charge in [-0.15, -0.1) is 0 Å². The van der Waals surface area contributed by atoms with E-state index in [4.69, 9.17) is 10.7 Å². The number of aromatic nitrogens is 2. The first kappa shape index (κ1) is 11.0. The van der Waals surface area contributed by atoms with Crippen molar-refractivity contribution < 1.29 is 4.84 Å². The van der Waals surface area contributed by atoms with E-state index in [0.29, 0.717) is 6.61 Å². The summed E-state index contributed by atoms with van der Waals surface area (Å²) < 4.78 is 0. The summed E-state index contributed by atoms with van der Waals surface area (Å²) in [6, 6.07) is 7.79. The fourth-order valence-electron chi connectivity index (χ4n) is 1.57. The van der Waals surface area contributed by atoms with Crippen LogP contribution < -0.4 is 5.90 Å². The van der Waals surface area contributed by atoms with Crippen LogP contribution in [0.25, 0.3) is 11.0 Å². The molecule has 1 heterocycles. The van der Waals surface area contributed by atoms with Gasteiger partial charge in [0.05, 0.1) is 23.3 Å². The van der Waals surface area contributed by atoms with Crippen LogP contribution in [0, 0.1) is 0 Å². The highest BCUT2D eigenvalue weighted by molar-refractivity contribution is 5.73. The number of hydrogen-bond acceptors (Lipinski definition) is 4. The molecule has 0 atom stereocenters. The second kappa shape index (κ2) is 4.15. The molecule has 2 aromatic rings. The molecule has 84 valence electrons. The maximum absolute atomic E-state index is 5.12. The van der Waals surface area contributed by atoms with Crippen molar-refractivity contribution in [2.75, 3.05) is 6.61 Å². The molecule has 0 bridgehead atoms. The van der Waals surface area contributed by atoms with Crippen molar-refractivity contribution in [1.82, 2.24) is 9.97 Å². The topological polar surface area (TPSA) is 61.0 Å². The highest BCUT2D eigenvalue weighted by atomic mass is 16.6. The van der Waals surface area contributed by atoms with E-state index in [1.807, 2.05) is 38.1 Å². The van der Waals surface area contributed by atoms with Crippen LogP contribution in [0.1, 0.15) is 19.5 Å². The van der Waals surface area contributed by atoms with Gasteiger partial charge in [-0.25, -0.2) is 10.9 Å². The van der Waals surface area contributed by atoms with Crippen LogP contribution in [0.3, 0.4) is 0 Å². The van der Waals surface area contributed by atoms with Gasteiger partial charge in [0.2, 0.25) is 0 Å². The van der Waals surface area contributed by atoms with Crippen LogP contribution in [-0.4, -0.2) is 16.6 Å². The predicted octanol–water partition coefficient (Wildman–Crippen LogP) is 1.80.